The number of rotatable bonds is 4. The van der Waals surface area contributed by atoms with Gasteiger partial charge in [-0.2, -0.15) is 5.10 Å². The van der Waals surface area contributed by atoms with E-state index in [-0.39, 0.29) is 11.4 Å². The van der Waals surface area contributed by atoms with Gasteiger partial charge in [0.05, 0.1) is 26.0 Å². The summed E-state index contributed by atoms with van der Waals surface area (Å²) in [6, 6.07) is 12.1. The van der Waals surface area contributed by atoms with E-state index in [4.69, 9.17) is 9.47 Å². The third-order valence-electron chi connectivity index (χ3n) is 4.06. The number of aromatic nitrogens is 4. The molecule has 2 heterocycles. The zero-order chi connectivity index (χ0) is 18.1. The largest absolute Gasteiger partial charge is 0.497 e. The number of nitrogens with one attached hydrogen (secondary N) is 1. The first-order valence-electron chi connectivity index (χ1n) is 7.89. The van der Waals surface area contributed by atoms with Crippen LogP contribution in [0.5, 0.6) is 11.5 Å². The minimum Gasteiger partial charge on any atom is -0.497 e. The molecule has 0 saturated carbocycles. The summed E-state index contributed by atoms with van der Waals surface area (Å²) in [4.78, 5) is 8.80. The third kappa shape index (κ3) is 2.63. The van der Waals surface area contributed by atoms with Gasteiger partial charge in [0.25, 0.3) is 0 Å². The van der Waals surface area contributed by atoms with Crippen molar-refractivity contribution in [2.45, 2.75) is 0 Å². The molecule has 0 unspecified atom stereocenters. The highest BCUT2D eigenvalue weighted by Crippen LogP contribution is 2.33. The van der Waals surface area contributed by atoms with E-state index in [1.165, 1.54) is 13.2 Å². The molecule has 2 aromatic carbocycles. The van der Waals surface area contributed by atoms with E-state index in [0.29, 0.717) is 28.2 Å². The first-order valence-corrected chi connectivity index (χ1v) is 7.89. The zero-order valence-electron chi connectivity index (χ0n) is 14.2. The second kappa shape index (κ2) is 6.44. The maximum atomic E-state index is 14.4. The summed E-state index contributed by atoms with van der Waals surface area (Å²) in [7, 11) is 3.09. The molecule has 7 heteroatoms. The molecule has 130 valence electrons. The SMILES string of the molecule is COc1cccc(-c2n[nH]c3cnc(-c4c(F)cccc4OC)nc23)c1. The predicted molar refractivity (Wildman–Crippen MR) is 95.6 cm³/mol. The van der Waals surface area contributed by atoms with Gasteiger partial charge >= 0.3 is 0 Å². The molecule has 0 radical (unpaired) electrons. The minimum absolute atomic E-state index is 0.217. The fraction of sp³-hybridized carbons (Fsp3) is 0.105. The average molecular weight is 350 g/mol. The van der Waals surface area contributed by atoms with Crippen molar-refractivity contribution in [1.82, 2.24) is 20.2 Å². The number of aromatic amines is 1. The van der Waals surface area contributed by atoms with Gasteiger partial charge in [0, 0.05) is 5.56 Å². The van der Waals surface area contributed by atoms with Crippen LogP contribution in [0.15, 0.2) is 48.7 Å². The highest BCUT2D eigenvalue weighted by Gasteiger charge is 2.17. The van der Waals surface area contributed by atoms with Gasteiger partial charge in [0.2, 0.25) is 0 Å². The van der Waals surface area contributed by atoms with Crippen LogP contribution in [0.2, 0.25) is 0 Å². The van der Waals surface area contributed by atoms with E-state index in [2.05, 4.69) is 20.2 Å². The summed E-state index contributed by atoms with van der Waals surface area (Å²) < 4.78 is 24.9. The normalized spacial score (nSPS) is 10.9. The van der Waals surface area contributed by atoms with Crippen molar-refractivity contribution in [1.29, 1.82) is 0 Å². The zero-order valence-corrected chi connectivity index (χ0v) is 14.2. The van der Waals surface area contributed by atoms with Crippen LogP contribution in [-0.4, -0.2) is 34.4 Å². The Hall–Kier alpha value is -3.48. The van der Waals surface area contributed by atoms with Crippen LogP contribution < -0.4 is 9.47 Å². The molecule has 0 amide bonds. The van der Waals surface area contributed by atoms with E-state index < -0.39 is 5.82 Å². The van der Waals surface area contributed by atoms with Crippen LogP contribution in [0.3, 0.4) is 0 Å². The second-order valence-electron chi connectivity index (χ2n) is 5.58. The molecule has 1 N–H and O–H groups in total. The molecule has 0 bridgehead atoms. The van der Waals surface area contributed by atoms with E-state index in [1.807, 2.05) is 24.3 Å². The van der Waals surface area contributed by atoms with Gasteiger partial charge in [-0.25, -0.2) is 14.4 Å². The van der Waals surface area contributed by atoms with Crippen molar-refractivity contribution in [2.24, 2.45) is 0 Å². The van der Waals surface area contributed by atoms with Crippen molar-refractivity contribution < 1.29 is 13.9 Å². The molecule has 0 aliphatic heterocycles. The van der Waals surface area contributed by atoms with E-state index in [1.54, 1.807) is 25.4 Å². The Kier molecular flexibility index (Phi) is 3.96. The molecular weight excluding hydrogens is 335 g/mol. The van der Waals surface area contributed by atoms with Gasteiger partial charge in [0.1, 0.15) is 34.0 Å². The monoisotopic (exact) mass is 350 g/mol. The summed E-state index contributed by atoms with van der Waals surface area (Å²) in [5.41, 5.74) is 2.93. The number of fused-ring (bicyclic) bond motifs is 1. The van der Waals surface area contributed by atoms with Crippen molar-refractivity contribution in [2.75, 3.05) is 14.2 Å². The molecule has 4 rings (SSSR count). The molecule has 0 spiro atoms. The van der Waals surface area contributed by atoms with E-state index in [0.717, 1.165) is 5.56 Å². The number of benzene rings is 2. The van der Waals surface area contributed by atoms with Gasteiger partial charge in [-0.3, -0.25) is 5.10 Å². The third-order valence-corrected chi connectivity index (χ3v) is 4.06. The van der Waals surface area contributed by atoms with Gasteiger partial charge < -0.3 is 9.47 Å². The van der Waals surface area contributed by atoms with E-state index >= 15 is 0 Å². The Morgan fingerprint density at radius 3 is 2.69 bits per heavy atom. The maximum absolute atomic E-state index is 14.4. The Morgan fingerprint density at radius 1 is 1.04 bits per heavy atom. The molecule has 0 fully saturated rings. The minimum atomic E-state index is -0.449. The Labute approximate surface area is 148 Å². The molecule has 0 aliphatic rings. The molecular formula is C19H15FN4O2. The van der Waals surface area contributed by atoms with E-state index in [9.17, 15) is 4.39 Å². The number of nitrogens with zero attached hydrogens (tertiary/aromatic N) is 3. The number of hydrogen-bond donors (Lipinski definition) is 1. The Balaban J connectivity index is 1.91. The topological polar surface area (TPSA) is 72.9 Å². The first-order chi connectivity index (χ1) is 12.7. The molecule has 4 aromatic rings. The molecule has 0 saturated heterocycles. The lowest BCUT2D eigenvalue weighted by Gasteiger charge is -2.08. The second-order valence-corrected chi connectivity index (χ2v) is 5.58. The van der Waals surface area contributed by atoms with Gasteiger partial charge in [-0.15, -0.1) is 0 Å². The summed E-state index contributed by atoms with van der Waals surface area (Å²) in [5.74, 6) is 0.868. The smallest absolute Gasteiger partial charge is 0.166 e. The van der Waals surface area contributed by atoms with Crippen molar-refractivity contribution in [3.8, 4) is 34.1 Å². The average Bonchev–Trinajstić information content (AvgIpc) is 3.11. The van der Waals surface area contributed by atoms with Crippen LogP contribution in [0.25, 0.3) is 33.7 Å². The van der Waals surface area contributed by atoms with Crippen molar-refractivity contribution in [3.05, 3.63) is 54.5 Å². The molecule has 0 aliphatic carbocycles. The lowest BCUT2D eigenvalue weighted by molar-refractivity contribution is 0.413. The predicted octanol–water partition coefficient (Wildman–Crippen LogP) is 3.84. The fourth-order valence-electron chi connectivity index (χ4n) is 2.80. The number of H-pyrrole nitrogens is 1. The van der Waals surface area contributed by atoms with Crippen LogP contribution >= 0.6 is 0 Å². The highest BCUT2D eigenvalue weighted by atomic mass is 19.1. The number of hydrogen-bond acceptors (Lipinski definition) is 5. The van der Waals surface area contributed by atoms with Gasteiger partial charge in [-0.1, -0.05) is 18.2 Å². The standard InChI is InChI=1S/C19H15FN4O2/c1-25-12-6-3-5-11(9-12)17-18-14(23-24-17)10-21-19(22-18)16-13(20)7-4-8-15(16)26-2/h3-10H,1-2H3,(H,23,24). The Morgan fingerprint density at radius 2 is 1.88 bits per heavy atom. The maximum Gasteiger partial charge on any atom is 0.166 e. The van der Waals surface area contributed by atoms with Crippen LogP contribution in [0, 0.1) is 5.82 Å². The summed E-state index contributed by atoms with van der Waals surface area (Å²) >= 11 is 0. The molecule has 0 atom stereocenters. The Bertz CT molecular complexity index is 1090. The lowest BCUT2D eigenvalue weighted by Crippen LogP contribution is -1.96. The molecule has 6 nitrogen and oxygen atoms in total. The summed E-state index contributed by atoms with van der Waals surface area (Å²) in [6.45, 7) is 0. The quantitative estimate of drug-likeness (QED) is 0.605. The molecule has 26 heavy (non-hydrogen) atoms. The number of ether oxygens (including phenoxy) is 2. The lowest BCUT2D eigenvalue weighted by atomic mass is 10.1. The van der Waals surface area contributed by atoms with Crippen LogP contribution in [0.1, 0.15) is 0 Å². The van der Waals surface area contributed by atoms with Crippen LogP contribution in [-0.2, 0) is 0 Å². The number of methoxy groups -OCH3 is 2. The summed E-state index contributed by atoms with van der Waals surface area (Å²) in [5, 5.41) is 7.24. The summed E-state index contributed by atoms with van der Waals surface area (Å²) in [6.07, 6.45) is 1.58. The van der Waals surface area contributed by atoms with Crippen molar-refractivity contribution >= 4 is 11.0 Å². The van der Waals surface area contributed by atoms with Crippen LogP contribution in [0.4, 0.5) is 4.39 Å². The van der Waals surface area contributed by atoms with Crippen molar-refractivity contribution in [3.63, 3.8) is 0 Å². The first kappa shape index (κ1) is 16.0. The van der Waals surface area contributed by atoms with Gasteiger partial charge in [0.15, 0.2) is 5.82 Å². The molecule has 2 aromatic heterocycles. The number of halogens is 1. The van der Waals surface area contributed by atoms with Gasteiger partial charge in [-0.05, 0) is 24.3 Å². The highest BCUT2D eigenvalue weighted by molar-refractivity contribution is 5.90. The fourth-order valence-corrected chi connectivity index (χ4v) is 2.80.